The fourth-order valence-electron chi connectivity index (χ4n) is 3.70. The molecule has 0 aliphatic carbocycles. The van der Waals surface area contributed by atoms with E-state index in [0.717, 1.165) is 14.9 Å². The molecule has 9 heteroatoms. The molecular formula is C24H26BrN3O5. The van der Waals surface area contributed by atoms with Crippen molar-refractivity contribution in [2.24, 2.45) is 0 Å². The topological polar surface area (TPSA) is 110 Å². The first-order chi connectivity index (χ1) is 15.5. The molecule has 3 rings (SSSR count). The van der Waals surface area contributed by atoms with Crippen LogP contribution in [0.3, 0.4) is 0 Å². The number of carbonyl (C=O) groups excluding carboxylic acids is 3. The third-order valence-corrected chi connectivity index (χ3v) is 6.22. The van der Waals surface area contributed by atoms with Gasteiger partial charge >= 0.3 is 0 Å². The molecule has 1 aliphatic heterocycles. The number of halogens is 1. The maximum absolute atomic E-state index is 12.6. The molecule has 174 valence electrons. The van der Waals surface area contributed by atoms with Crippen LogP contribution in [0.25, 0.3) is 0 Å². The summed E-state index contributed by atoms with van der Waals surface area (Å²) in [5.74, 6) is -1.26. The number of nitrogens with zero attached hydrogens (tertiary/aromatic N) is 2. The molecular weight excluding hydrogens is 490 g/mol. The van der Waals surface area contributed by atoms with Gasteiger partial charge in [0.15, 0.2) is 0 Å². The lowest BCUT2D eigenvalue weighted by Gasteiger charge is -2.20. The number of hydrogen-bond acceptors (Lipinski definition) is 5. The van der Waals surface area contributed by atoms with Gasteiger partial charge in [0.2, 0.25) is 5.91 Å². The van der Waals surface area contributed by atoms with Crippen LogP contribution in [-0.4, -0.2) is 34.1 Å². The van der Waals surface area contributed by atoms with Gasteiger partial charge in [-0.2, -0.15) is 0 Å². The molecule has 0 atom stereocenters. The van der Waals surface area contributed by atoms with Gasteiger partial charge in [0.05, 0.1) is 16.2 Å². The van der Waals surface area contributed by atoms with E-state index >= 15 is 0 Å². The molecule has 2 aromatic carbocycles. The summed E-state index contributed by atoms with van der Waals surface area (Å²) in [7, 11) is 0. The molecule has 1 aliphatic rings. The average Bonchev–Trinajstić information content (AvgIpc) is 2.99. The Balaban J connectivity index is 1.47. The molecule has 8 nitrogen and oxygen atoms in total. The minimum atomic E-state index is -0.652. The van der Waals surface area contributed by atoms with Gasteiger partial charge in [0.25, 0.3) is 17.5 Å². The number of carbonyl (C=O) groups is 3. The zero-order valence-electron chi connectivity index (χ0n) is 18.8. The smallest absolute Gasteiger partial charge is 0.282 e. The van der Waals surface area contributed by atoms with Crippen LogP contribution in [0, 0.1) is 10.1 Å². The van der Waals surface area contributed by atoms with Gasteiger partial charge in [0.1, 0.15) is 5.56 Å². The second-order valence-electron chi connectivity index (χ2n) is 9.02. The van der Waals surface area contributed by atoms with E-state index in [2.05, 4.69) is 42.0 Å². The molecule has 0 radical (unpaired) electrons. The predicted molar refractivity (Wildman–Crippen MR) is 128 cm³/mol. The summed E-state index contributed by atoms with van der Waals surface area (Å²) in [6, 6.07) is 9.93. The van der Waals surface area contributed by atoms with Gasteiger partial charge < -0.3 is 5.32 Å². The van der Waals surface area contributed by atoms with Crippen LogP contribution in [0.1, 0.15) is 72.7 Å². The zero-order valence-corrected chi connectivity index (χ0v) is 20.4. The van der Waals surface area contributed by atoms with E-state index < -0.39 is 16.7 Å². The lowest BCUT2D eigenvalue weighted by Crippen LogP contribution is -2.30. The molecule has 0 spiro atoms. The first-order valence-corrected chi connectivity index (χ1v) is 11.5. The van der Waals surface area contributed by atoms with Crippen LogP contribution in [0.2, 0.25) is 0 Å². The minimum Gasteiger partial charge on any atom is -0.325 e. The summed E-state index contributed by atoms with van der Waals surface area (Å²) in [6.07, 6.45) is 2.04. The van der Waals surface area contributed by atoms with Crippen LogP contribution >= 0.6 is 15.9 Å². The molecule has 0 saturated heterocycles. The monoisotopic (exact) mass is 515 g/mol. The van der Waals surface area contributed by atoms with Gasteiger partial charge in [0, 0.05) is 23.5 Å². The molecule has 33 heavy (non-hydrogen) atoms. The summed E-state index contributed by atoms with van der Waals surface area (Å²) >= 11 is 3.51. The van der Waals surface area contributed by atoms with Crippen LogP contribution < -0.4 is 5.32 Å². The van der Waals surface area contributed by atoms with Crippen molar-refractivity contribution in [1.82, 2.24) is 4.90 Å². The summed E-state index contributed by atoms with van der Waals surface area (Å²) < 4.78 is 0.822. The van der Waals surface area contributed by atoms with Crippen LogP contribution in [0.4, 0.5) is 11.4 Å². The van der Waals surface area contributed by atoms with Crippen molar-refractivity contribution in [2.75, 3.05) is 11.9 Å². The van der Waals surface area contributed by atoms with Crippen molar-refractivity contribution in [3.8, 4) is 0 Å². The molecule has 0 unspecified atom stereocenters. The molecule has 1 N–H and O–H groups in total. The number of imide groups is 1. The number of benzene rings is 2. The van der Waals surface area contributed by atoms with E-state index in [1.807, 2.05) is 18.2 Å². The quantitative estimate of drug-likeness (QED) is 0.217. The van der Waals surface area contributed by atoms with Gasteiger partial charge in [-0.25, -0.2) is 0 Å². The van der Waals surface area contributed by atoms with Crippen LogP contribution in [-0.2, 0) is 10.2 Å². The Hall–Kier alpha value is -3.07. The number of amides is 3. The lowest BCUT2D eigenvalue weighted by atomic mass is 9.87. The number of fused-ring (bicyclic) bond motifs is 1. The Morgan fingerprint density at radius 3 is 2.45 bits per heavy atom. The van der Waals surface area contributed by atoms with Crippen LogP contribution in [0.15, 0.2) is 40.9 Å². The lowest BCUT2D eigenvalue weighted by molar-refractivity contribution is -0.385. The fourth-order valence-corrected chi connectivity index (χ4v) is 4.18. The fraction of sp³-hybridized carbons (Fsp3) is 0.375. The summed E-state index contributed by atoms with van der Waals surface area (Å²) in [6.45, 7) is 6.52. The number of anilines is 1. The van der Waals surface area contributed by atoms with Crippen molar-refractivity contribution in [1.29, 1.82) is 0 Å². The number of unbranched alkanes of at least 4 members (excludes halogenated alkanes) is 2. The number of nitro groups is 1. The largest absolute Gasteiger partial charge is 0.325 e. The molecule has 0 fully saturated rings. The highest BCUT2D eigenvalue weighted by atomic mass is 79.9. The maximum Gasteiger partial charge on any atom is 0.282 e. The van der Waals surface area contributed by atoms with Gasteiger partial charge in [-0.1, -0.05) is 39.3 Å². The van der Waals surface area contributed by atoms with E-state index in [-0.39, 0.29) is 34.7 Å². The second-order valence-corrected chi connectivity index (χ2v) is 9.88. The number of nitrogens with one attached hydrogen (secondary N) is 1. The van der Waals surface area contributed by atoms with E-state index in [9.17, 15) is 24.5 Å². The minimum absolute atomic E-state index is 0.00938. The van der Waals surface area contributed by atoms with E-state index in [4.69, 9.17) is 0 Å². The van der Waals surface area contributed by atoms with Crippen LogP contribution in [0.5, 0.6) is 0 Å². The SMILES string of the molecule is CC(C)(C)c1ccc(NC(=O)CCCCCN2C(=O)c3cccc([N+](=O)[O-])c3C2=O)c(Br)c1. The normalized spacial score (nSPS) is 13.3. The number of rotatable bonds is 8. The summed E-state index contributed by atoms with van der Waals surface area (Å²) in [5, 5.41) is 14.1. The third-order valence-electron chi connectivity index (χ3n) is 5.57. The third kappa shape index (κ3) is 5.47. The van der Waals surface area contributed by atoms with Crippen molar-refractivity contribution >= 4 is 45.0 Å². The van der Waals surface area contributed by atoms with E-state index in [1.54, 1.807) is 0 Å². The molecule has 0 aromatic heterocycles. The molecule has 0 bridgehead atoms. The predicted octanol–water partition coefficient (Wildman–Crippen LogP) is 5.45. The number of nitro benzene ring substituents is 1. The standard InChI is InChI=1S/C24H26BrN3O5/c1-24(2,3)15-11-12-18(17(25)14-15)26-20(29)10-5-4-6-13-27-22(30)16-8-7-9-19(28(32)33)21(16)23(27)31/h7-9,11-12,14H,4-6,10,13H2,1-3H3,(H,26,29). The van der Waals surface area contributed by atoms with Crippen molar-refractivity contribution in [2.45, 2.75) is 51.9 Å². The van der Waals surface area contributed by atoms with E-state index in [1.165, 1.54) is 18.2 Å². The van der Waals surface area contributed by atoms with Gasteiger partial charge in [-0.05, 0) is 57.9 Å². The van der Waals surface area contributed by atoms with Gasteiger partial charge in [-0.3, -0.25) is 29.4 Å². The Morgan fingerprint density at radius 1 is 1.09 bits per heavy atom. The van der Waals surface area contributed by atoms with E-state index in [0.29, 0.717) is 31.4 Å². The molecule has 3 amide bonds. The highest BCUT2D eigenvalue weighted by Gasteiger charge is 2.40. The number of hydrogen-bond donors (Lipinski definition) is 1. The molecule has 2 aromatic rings. The maximum atomic E-state index is 12.6. The Kier molecular flexibility index (Phi) is 7.31. The molecule has 0 saturated carbocycles. The first-order valence-electron chi connectivity index (χ1n) is 10.7. The van der Waals surface area contributed by atoms with Crippen molar-refractivity contribution < 1.29 is 19.3 Å². The van der Waals surface area contributed by atoms with Crippen molar-refractivity contribution in [3.63, 3.8) is 0 Å². The zero-order chi connectivity index (χ0) is 24.3. The highest BCUT2D eigenvalue weighted by molar-refractivity contribution is 9.10. The Labute approximate surface area is 200 Å². The Morgan fingerprint density at radius 2 is 1.82 bits per heavy atom. The highest BCUT2D eigenvalue weighted by Crippen LogP contribution is 2.32. The summed E-state index contributed by atoms with van der Waals surface area (Å²) in [5.41, 5.74) is 1.44. The van der Waals surface area contributed by atoms with Crippen molar-refractivity contribution in [3.05, 3.63) is 67.7 Å². The van der Waals surface area contributed by atoms with Gasteiger partial charge in [-0.15, -0.1) is 0 Å². The average molecular weight is 516 g/mol. The summed E-state index contributed by atoms with van der Waals surface area (Å²) in [4.78, 5) is 48.9. The second kappa shape index (κ2) is 9.82. The molecule has 1 heterocycles. The Bertz CT molecular complexity index is 1120. The first kappa shape index (κ1) is 24.6.